The van der Waals surface area contributed by atoms with E-state index < -0.39 is 0 Å². The maximum Gasteiger partial charge on any atom is 0.253 e. The summed E-state index contributed by atoms with van der Waals surface area (Å²) < 4.78 is 0. The molecule has 150 valence electrons. The van der Waals surface area contributed by atoms with Crippen LogP contribution in [0.1, 0.15) is 46.2 Å². The molecule has 6 heteroatoms. The van der Waals surface area contributed by atoms with Crippen LogP contribution in [0.5, 0.6) is 0 Å². The summed E-state index contributed by atoms with van der Waals surface area (Å²) in [5.74, 6) is 0.810. The molecular formula is C24H22N4O2. The molecule has 3 aromatic rings. The van der Waals surface area contributed by atoms with E-state index in [9.17, 15) is 9.59 Å². The molecule has 1 amide bonds. The standard InChI is InChI=1S/C24H22N4O2/c1-16-26-22(14-23(29)27-16)18-8-10-28(11-9-18)24(30)21-7-3-6-20(13-21)19-5-2-4-17(12-19)15-25/h2-7,12-14,18H,8-11H2,1H3,(H,26,27,29). The molecule has 0 spiro atoms. The van der Waals surface area contributed by atoms with Gasteiger partial charge in [-0.05, 0) is 55.2 Å². The predicted octanol–water partition coefficient (Wildman–Crippen LogP) is 3.64. The van der Waals surface area contributed by atoms with E-state index in [1.54, 1.807) is 19.1 Å². The summed E-state index contributed by atoms with van der Waals surface area (Å²) >= 11 is 0. The summed E-state index contributed by atoms with van der Waals surface area (Å²) in [4.78, 5) is 33.8. The van der Waals surface area contributed by atoms with Crippen molar-refractivity contribution in [2.45, 2.75) is 25.7 Å². The van der Waals surface area contributed by atoms with Gasteiger partial charge in [-0.3, -0.25) is 9.59 Å². The summed E-state index contributed by atoms with van der Waals surface area (Å²) in [5, 5.41) is 9.12. The zero-order valence-corrected chi connectivity index (χ0v) is 16.8. The zero-order valence-electron chi connectivity index (χ0n) is 16.8. The number of carbonyl (C=O) groups excluding carboxylic acids is 1. The van der Waals surface area contributed by atoms with Gasteiger partial charge in [-0.1, -0.05) is 24.3 Å². The predicted molar refractivity (Wildman–Crippen MR) is 114 cm³/mol. The molecule has 0 unspecified atom stereocenters. The molecule has 1 aliphatic heterocycles. The fourth-order valence-corrected chi connectivity index (χ4v) is 3.97. The topological polar surface area (TPSA) is 89.8 Å². The van der Waals surface area contributed by atoms with Crippen molar-refractivity contribution >= 4 is 5.91 Å². The average Bonchev–Trinajstić information content (AvgIpc) is 2.78. The van der Waals surface area contributed by atoms with E-state index in [1.165, 1.54) is 0 Å². The Balaban J connectivity index is 1.48. The number of amides is 1. The number of hydrogen-bond donors (Lipinski definition) is 1. The molecule has 0 saturated carbocycles. The van der Waals surface area contributed by atoms with Gasteiger partial charge in [0.05, 0.1) is 17.3 Å². The fraction of sp³-hybridized carbons (Fsp3) is 0.250. The Bertz CT molecular complexity index is 1180. The number of hydrogen-bond acceptors (Lipinski definition) is 4. The molecule has 1 N–H and O–H groups in total. The quantitative estimate of drug-likeness (QED) is 0.729. The number of aromatic amines is 1. The Morgan fingerprint density at radius 2 is 1.80 bits per heavy atom. The van der Waals surface area contributed by atoms with Crippen LogP contribution >= 0.6 is 0 Å². The summed E-state index contributed by atoms with van der Waals surface area (Å²) in [6.45, 7) is 3.04. The fourth-order valence-electron chi connectivity index (χ4n) is 3.97. The summed E-state index contributed by atoms with van der Waals surface area (Å²) in [6, 6.07) is 18.6. The molecule has 30 heavy (non-hydrogen) atoms. The van der Waals surface area contributed by atoms with Gasteiger partial charge in [0.15, 0.2) is 0 Å². The number of carbonyl (C=O) groups is 1. The zero-order chi connectivity index (χ0) is 21.1. The third kappa shape index (κ3) is 4.15. The number of benzene rings is 2. The lowest BCUT2D eigenvalue weighted by molar-refractivity contribution is 0.0712. The van der Waals surface area contributed by atoms with Crippen LogP contribution in [0.25, 0.3) is 11.1 Å². The maximum atomic E-state index is 13.1. The first-order valence-corrected chi connectivity index (χ1v) is 10.0. The van der Waals surface area contributed by atoms with Gasteiger partial charge < -0.3 is 9.88 Å². The lowest BCUT2D eigenvalue weighted by atomic mass is 9.92. The van der Waals surface area contributed by atoms with E-state index in [0.717, 1.165) is 29.7 Å². The van der Waals surface area contributed by atoms with Gasteiger partial charge in [-0.25, -0.2) is 4.98 Å². The van der Waals surface area contributed by atoms with Crippen LogP contribution in [0.2, 0.25) is 0 Å². The third-order valence-electron chi connectivity index (χ3n) is 5.51. The highest BCUT2D eigenvalue weighted by Gasteiger charge is 2.26. The molecule has 0 radical (unpaired) electrons. The first-order valence-electron chi connectivity index (χ1n) is 10.0. The van der Waals surface area contributed by atoms with Crippen molar-refractivity contribution < 1.29 is 4.79 Å². The third-order valence-corrected chi connectivity index (χ3v) is 5.51. The second-order valence-electron chi connectivity index (χ2n) is 7.60. The summed E-state index contributed by atoms with van der Waals surface area (Å²) in [7, 11) is 0. The number of H-pyrrole nitrogens is 1. The minimum Gasteiger partial charge on any atom is -0.339 e. The number of likely N-dealkylation sites (tertiary alicyclic amines) is 1. The van der Waals surface area contributed by atoms with Crippen molar-refractivity contribution in [1.82, 2.24) is 14.9 Å². The van der Waals surface area contributed by atoms with E-state index in [2.05, 4.69) is 16.0 Å². The molecule has 6 nitrogen and oxygen atoms in total. The second kappa shape index (κ2) is 8.34. The number of nitrogens with zero attached hydrogens (tertiary/aromatic N) is 3. The largest absolute Gasteiger partial charge is 0.339 e. The molecule has 0 bridgehead atoms. The van der Waals surface area contributed by atoms with Gasteiger partial charge in [-0.15, -0.1) is 0 Å². The van der Waals surface area contributed by atoms with Gasteiger partial charge in [0.25, 0.3) is 11.5 Å². The van der Waals surface area contributed by atoms with Gasteiger partial charge in [0, 0.05) is 30.6 Å². The number of piperidine rings is 1. The first-order chi connectivity index (χ1) is 14.5. The van der Waals surface area contributed by atoms with E-state index in [-0.39, 0.29) is 17.4 Å². The van der Waals surface area contributed by atoms with E-state index in [1.807, 2.05) is 47.4 Å². The molecular weight excluding hydrogens is 376 g/mol. The highest BCUT2D eigenvalue weighted by atomic mass is 16.2. The van der Waals surface area contributed by atoms with Crippen LogP contribution in [-0.2, 0) is 0 Å². The minimum atomic E-state index is -0.131. The monoisotopic (exact) mass is 398 g/mol. The number of nitriles is 1. The number of aryl methyl sites for hydroxylation is 1. The minimum absolute atomic E-state index is 0.00165. The lowest BCUT2D eigenvalue weighted by Gasteiger charge is -2.32. The van der Waals surface area contributed by atoms with Crippen LogP contribution in [0.4, 0.5) is 0 Å². The highest BCUT2D eigenvalue weighted by molar-refractivity contribution is 5.95. The maximum absolute atomic E-state index is 13.1. The summed E-state index contributed by atoms with van der Waals surface area (Å²) in [6.07, 6.45) is 1.57. The van der Waals surface area contributed by atoms with Crippen LogP contribution in [0.3, 0.4) is 0 Å². The smallest absolute Gasteiger partial charge is 0.253 e. The van der Waals surface area contributed by atoms with Crippen molar-refractivity contribution in [3.05, 3.63) is 87.6 Å². The first kappa shape index (κ1) is 19.6. The summed E-state index contributed by atoms with van der Waals surface area (Å²) in [5.41, 5.74) is 3.73. The van der Waals surface area contributed by atoms with Gasteiger partial charge in [0.1, 0.15) is 5.82 Å². The molecule has 0 aliphatic carbocycles. The van der Waals surface area contributed by atoms with E-state index >= 15 is 0 Å². The molecule has 4 rings (SSSR count). The number of nitrogens with one attached hydrogen (secondary N) is 1. The molecule has 2 heterocycles. The molecule has 1 aromatic heterocycles. The average molecular weight is 398 g/mol. The lowest BCUT2D eigenvalue weighted by Crippen LogP contribution is -2.38. The molecule has 2 aromatic carbocycles. The van der Waals surface area contributed by atoms with Crippen molar-refractivity contribution in [2.24, 2.45) is 0 Å². The SMILES string of the molecule is Cc1nc(C2CCN(C(=O)c3cccc(-c4cccc(C#N)c4)c3)CC2)cc(=O)[nH]1. The van der Waals surface area contributed by atoms with Crippen molar-refractivity contribution in [2.75, 3.05) is 13.1 Å². The van der Waals surface area contributed by atoms with Crippen molar-refractivity contribution in [1.29, 1.82) is 5.26 Å². The molecule has 1 saturated heterocycles. The Kier molecular flexibility index (Phi) is 5.44. The number of rotatable bonds is 3. The Morgan fingerprint density at radius 3 is 2.50 bits per heavy atom. The Labute approximate surface area is 174 Å². The normalized spacial score (nSPS) is 14.3. The van der Waals surface area contributed by atoms with Crippen LogP contribution in [0.15, 0.2) is 59.4 Å². The van der Waals surface area contributed by atoms with Gasteiger partial charge >= 0.3 is 0 Å². The van der Waals surface area contributed by atoms with Gasteiger partial charge in [-0.2, -0.15) is 5.26 Å². The van der Waals surface area contributed by atoms with E-state index in [4.69, 9.17) is 5.26 Å². The van der Waals surface area contributed by atoms with Crippen LogP contribution in [0, 0.1) is 18.3 Å². The number of aromatic nitrogens is 2. The van der Waals surface area contributed by atoms with Crippen molar-refractivity contribution in [3.63, 3.8) is 0 Å². The van der Waals surface area contributed by atoms with Gasteiger partial charge in [0.2, 0.25) is 0 Å². The molecule has 0 atom stereocenters. The Hall–Kier alpha value is -3.72. The van der Waals surface area contributed by atoms with E-state index in [0.29, 0.717) is 30.0 Å². The second-order valence-corrected chi connectivity index (χ2v) is 7.60. The Morgan fingerprint density at radius 1 is 1.10 bits per heavy atom. The van der Waals surface area contributed by atoms with Crippen LogP contribution in [-0.4, -0.2) is 33.9 Å². The van der Waals surface area contributed by atoms with Crippen molar-refractivity contribution in [3.8, 4) is 17.2 Å². The van der Waals surface area contributed by atoms with Crippen LogP contribution < -0.4 is 5.56 Å². The molecule has 1 fully saturated rings. The highest BCUT2D eigenvalue weighted by Crippen LogP contribution is 2.28. The molecule has 1 aliphatic rings.